The van der Waals surface area contributed by atoms with Crippen LogP contribution in [0.25, 0.3) is 6.08 Å². The summed E-state index contributed by atoms with van der Waals surface area (Å²) in [6, 6.07) is 19.2. The van der Waals surface area contributed by atoms with Crippen LogP contribution in [0.4, 0.5) is 0 Å². The average molecular weight is 465 g/mol. The molecule has 2 aromatic carbocycles. The fourth-order valence-corrected chi connectivity index (χ4v) is 5.09. The van der Waals surface area contributed by atoms with Gasteiger partial charge in [-0.2, -0.15) is 10.5 Å². The highest BCUT2D eigenvalue weighted by molar-refractivity contribution is 14.1. The Bertz CT molecular complexity index is 1030. The van der Waals surface area contributed by atoms with E-state index in [1.165, 1.54) is 0 Å². The third kappa shape index (κ3) is 2.49. The van der Waals surface area contributed by atoms with Gasteiger partial charge in [0, 0.05) is 15.7 Å². The molecule has 0 spiro atoms. The second kappa shape index (κ2) is 6.51. The third-order valence-corrected chi connectivity index (χ3v) is 6.24. The van der Waals surface area contributed by atoms with Crippen LogP contribution < -0.4 is 0 Å². The lowest BCUT2D eigenvalue weighted by molar-refractivity contribution is -0.121. The van der Waals surface area contributed by atoms with Gasteiger partial charge in [-0.3, -0.25) is 4.79 Å². The van der Waals surface area contributed by atoms with Crippen LogP contribution in [0.5, 0.6) is 0 Å². The predicted octanol–water partition coefficient (Wildman–Crippen LogP) is 4.41. The van der Waals surface area contributed by atoms with Gasteiger partial charge in [-0.05, 0) is 64.4 Å². The number of halogens is 1. The second-order valence-corrected chi connectivity index (χ2v) is 8.22. The Morgan fingerprint density at radius 1 is 1.15 bits per heavy atom. The summed E-state index contributed by atoms with van der Waals surface area (Å²) in [7, 11) is 0. The van der Waals surface area contributed by atoms with E-state index in [1.54, 1.807) is 6.92 Å². The molecule has 2 aliphatic rings. The minimum absolute atomic E-state index is 0.0414. The number of hydrogen-bond acceptors (Lipinski definition) is 4. The quantitative estimate of drug-likeness (QED) is 0.617. The zero-order valence-electron chi connectivity index (χ0n) is 14.6. The van der Waals surface area contributed by atoms with Crippen LogP contribution in [0, 0.1) is 31.6 Å². The zero-order valence-corrected chi connectivity index (χ0v) is 16.8. The summed E-state index contributed by atoms with van der Waals surface area (Å²) in [6.07, 6.45) is 3.83. The van der Waals surface area contributed by atoms with Crippen LogP contribution in [0.2, 0.25) is 0 Å². The van der Waals surface area contributed by atoms with E-state index in [2.05, 4.69) is 34.7 Å². The molecule has 0 saturated carbocycles. The van der Waals surface area contributed by atoms with E-state index in [9.17, 15) is 15.3 Å². The van der Waals surface area contributed by atoms with Crippen molar-refractivity contribution in [2.24, 2.45) is 5.41 Å². The summed E-state index contributed by atoms with van der Waals surface area (Å²) < 4.78 is 1.01. The van der Waals surface area contributed by atoms with Crippen LogP contribution in [0.15, 0.2) is 54.7 Å². The van der Waals surface area contributed by atoms with Gasteiger partial charge in [-0.25, -0.2) is 0 Å². The molecule has 0 bridgehead atoms. The average Bonchev–Trinajstić information content (AvgIpc) is 2.99. The number of nitriles is 2. The van der Waals surface area contributed by atoms with Crippen molar-refractivity contribution in [1.82, 2.24) is 4.90 Å². The molecule has 2 aliphatic heterocycles. The molecule has 1 saturated heterocycles. The summed E-state index contributed by atoms with van der Waals surface area (Å²) in [6.45, 7) is 1.54. The molecule has 2 aromatic rings. The predicted molar refractivity (Wildman–Crippen MR) is 110 cm³/mol. The van der Waals surface area contributed by atoms with Crippen molar-refractivity contribution in [3.05, 3.63) is 75.0 Å². The molecule has 1 fully saturated rings. The third-order valence-electron chi connectivity index (χ3n) is 5.57. The number of benzene rings is 2. The Balaban J connectivity index is 2.02. The first-order valence-electron chi connectivity index (χ1n) is 8.66. The van der Waals surface area contributed by atoms with Crippen LogP contribution in [-0.2, 0) is 4.79 Å². The fourth-order valence-electron chi connectivity index (χ4n) is 4.53. The molecule has 4 nitrogen and oxygen atoms in total. The lowest BCUT2D eigenvalue weighted by Gasteiger charge is -2.34. The van der Waals surface area contributed by atoms with Gasteiger partial charge >= 0.3 is 0 Å². The van der Waals surface area contributed by atoms with E-state index >= 15 is 0 Å². The summed E-state index contributed by atoms with van der Waals surface area (Å²) in [5.41, 5.74) is 1.40. The first kappa shape index (κ1) is 17.8. The first-order chi connectivity index (χ1) is 13.0. The van der Waals surface area contributed by atoms with Crippen molar-refractivity contribution in [2.45, 2.75) is 24.9 Å². The molecular weight excluding hydrogens is 449 g/mol. The minimum atomic E-state index is -1.36. The molecule has 0 aromatic heterocycles. The van der Waals surface area contributed by atoms with Gasteiger partial charge in [0.2, 0.25) is 0 Å². The molecule has 5 heteroatoms. The van der Waals surface area contributed by atoms with Gasteiger partial charge in [0.05, 0.1) is 24.2 Å². The smallest absolute Gasteiger partial charge is 0.177 e. The van der Waals surface area contributed by atoms with E-state index in [4.69, 9.17) is 0 Å². The van der Waals surface area contributed by atoms with Crippen molar-refractivity contribution in [1.29, 1.82) is 10.5 Å². The summed E-state index contributed by atoms with van der Waals surface area (Å²) >= 11 is 2.22. The molecule has 0 aliphatic carbocycles. The summed E-state index contributed by atoms with van der Waals surface area (Å²) in [5.74, 6) is -0.569. The number of nitrogens with zero attached hydrogens (tertiary/aromatic N) is 3. The maximum Gasteiger partial charge on any atom is 0.177 e. The lowest BCUT2D eigenvalue weighted by atomic mass is 9.68. The highest BCUT2D eigenvalue weighted by Crippen LogP contribution is 2.59. The van der Waals surface area contributed by atoms with Gasteiger partial charge in [0.1, 0.15) is 0 Å². The van der Waals surface area contributed by atoms with Gasteiger partial charge in [0.25, 0.3) is 0 Å². The Kier molecular flexibility index (Phi) is 4.28. The maximum atomic E-state index is 12.7. The molecule has 27 heavy (non-hydrogen) atoms. The Morgan fingerprint density at radius 2 is 1.89 bits per heavy atom. The number of carbonyl (C=O) groups is 1. The van der Waals surface area contributed by atoms with E-state index in [1.807, 2.05) is 65.7 Å². The van der Waals surface area contributed by atoms with Crippen LogP contribution >= 0.6 is 22.6 Å². The van der Waals surface area contributed by atoms with Crippen LogP contribution in [-0.4, -0.2) is 16.7 Å². The number of ketones is 1. The number of rotatable bonds is 2. The minimum Gasteiger partial charge on any atom is -0.357 e. The maximum absolute atomic E-state index is 12.7. The van der Waals surface area contributed by atoms with Crippen molar-refractivity contribution in [3.63, 3.8) is 0 Å². The van der Waals surface area contributed by atoms with Crippen LogP contribution in [0.3, 0.4) is 0 Å². The van der Waals surface area contributed by atoms with Crippen molar-refractivity contribution in [3.8, 4) is 12.1 Å². The molecule has 4 rings (SSSR count). The molecular formula is C22H16IN3O. The SMILES string of the molecule is CC(=O)[C@@H]1[C@H](c2cccc(I)c2)C(C#N)(C#N)[C@H]2c3ccccc3C=CN12. The van der Waals surface area contributed by atoms with E-state index in [-0.39, 0.29) is 5.78 Å². The molecule has 0 radical (unpaired) electrons. The van der Waals surface area contributed by atoms with E-state index < -0.39 is 23.4 Å². The van der Waals surface area contributed by atoms with E-state index in [0.717, 1.165) is 20.3 Å². The Hall–Kier alpha value is -2.64. The van der Waals surface area contributed by atoms with Crippen molar-refractivity contribution in [2.75, 3.05) is 0 Å². The van der Waals surface area contributed by atoms with Gasteiger partial charge in [0.15, 0.2) is 11.2 Å². The zero-order chi connectivity index (χ0) is 19.2. The van der Waals surface area contributed by atoms with E-state index in [0.29, 0.717) is 0 Å². The van der Waals surface area contributed by atoms with Gasteiger partial charge in [-0.15, -0.1) is 0 Å². The number of carbonyl (C=O) groups excluding carboxylic acids is 1. The highest BCUT2D eigenvalue weighted by Gasteiger charge is 2.63. The lowest BCUT2D eigenvalue weighted by Crippen LogP contribution is -2.36. The standard InChI is InChI=1S/C22H16IN3O/c1-14(27)20-19(16-6-4-7-17(23)11-16)22(12-24,13-25)21-18-8-3-2-5-15(18)9-10-26(20)21/h2-11,19-21H,1H3/t19-,20+,21+/m0/s1. The second-order valence-electron chi connectivity index (χ2n) is 6.98. The molecule has 3 atom stereocenters. The normalized spacial score (nSPS) is 24.4. The van der Waals surface area contributed by atoms with Gasteiger partial charge < -0.3 is 4.90 Å². The monoisotopic (exact) mass is 465 g/mol. The number of fused-ring (bicyclic) bond motifs is 3. The number of hydrogen-bond donors (Lipinski definition) is 0. The largest absolute Gasteiger partial charge is 0.357 e. The first-order valence-corrected chi connectivity index (χ1v) is 9.74. The topological polar surface area (TPSA) is 67.9 Å². The fraction of sp³-hybridized carbons (Fsp3) is 0.227. The Morgan fingerprint density at radius 3 is 2.56 bits per heavy atom. The highest BCUT2D eigenvalue weighted by atomic mass is 127. The molecule has 0 N–H and O–H groups in total. The molecule has 0 amide bonds. The van der Waals surface area contributed by atoms with Crippen molar-refractivity contribution < 1.29 is 4.79 Å². The Labute approximate surface area is 171 Å². The van der Waals surface area contributed by atoms with Crippen LogP contribution in [0.1, 0.15) is 35.6 Å². The number of Topliss-reactive ketones (excluding diaryl/α,β-unsaturated/α-hetero) is 1. The molecule has 0 unspecified atom stereocenters. The summed E-state index contributed by atoms with van der Waals surface area (Å²) in [5, 5.41) is 20.5. The molecule has 132 valence electrons. The summed E-state index contributed by atoms with van der Waals surface area (Å²) in [4.78, 5) is 14.6. The van der Waals surface area contributed by atoms with Crippen molar-refractivity contribution >= 4 is 34.5 Å². The van der Waals surface area contributed by atoms with Gasteiger partial charge in [-0.1, -0.05) is 36.4 Å². The molecule has 2 heterocycles.